The molecule has 184 valence electrons. The number of carboxylic acids is 1. The lowest BCUT2D eigenvalue weighted by Crippen LogP contribution is -2.40. The van der Waals surface area contributed by atoms with Crippen LogP contribution < -0.4 is 5.32 Å². The van der Waals surface area contributed by atoms with Crippen molar-refractivity contribution in [2.45, 2.75) is 58.9 Å². The molecular weight excluding hydrogens is 444 g/mol. The molecular formula is C25H31F2N3O4. The topological polar surface area (TPSA) is 93.5 Å². The van der Waals surface area contributed by atoms with Gasteiger partial charge in [-0.25, -0.2) is 13.6 Å². The summed E-state index contributed by atoms with van der Waals surface area (Å²) in [5.41, 5.74) is 2.44. The molecule has 1 atom stereocenters. The van der Waals surface area contributed by atoms with Crippen LogP contribution in [0.2, 0.25) is 0 Å². The van der Waals surface area contributed by atoms with Crippen molar-refractivity contribution in [1.29, 1.82) is 0 Å². The van der Waals surface area contributed by atoms with Gasteiger partial charge in [-0.3, -0.25) is 9.48 Å². The number of aromatic carboxylic acids is 1. The van der Waals surface area contributed by atoms with E-state index in [1.807, 2.05) is 18.5 Å². The first kappa shape index (κ1) is 24.3. The minimum absolute atomic E-state index is 0.0327. The van der Waals surface area contributed by atoms with Crippen LogP contribution in [0, 0.1) is 11.3 Å². The number of nitrogens with one attached hydrogen (secondary N) is 1. The van der Waals surface area contributed by atoms with Gasteiger partial charge < -0.3 is 15.2 Å². The number of aryl methyl sites for hydroxylation is 1. The first-order chi connectivity index (χ1) is 16.2. The Labute approximate surface area is 197 Å². The summed E-state index contributed by atoms with van der Waals surface area (Å²) in [6.07, 6.45) is 0.691. The summed E-state index contributed by atoms with van der Waals surface area (Å²) < 4.78 is 33.9. The Balaban J connectivity index is 1.63. The Bertz CT molecular complexity index is 1080. The van der Waals surface area contributed by atoms with Gasteiger partial charge in [0.25, 0.3) is 12.3 Å². The average molecular weight is 476 g/mol. The van der Waals surface area contributed by atoms with Crippen LogP contribution in [0.1, 0.15) is 76.3 Å². The summed E-state index contributed by atoms with van der Waals surface area (Å²) >= 11 is 0. The summed E-state index contributed by atoms with van der Waals surface area (Å²) in [7, 11) is 0. The summed E-state index contributed by atoms with van der Waals surface area (Å²) in [5, 5.41) is 17.4. The number of halogens is 2. The van der Waals surface area contributed by atoms with E-state index in [2.05, 4.69) is 5.32 Å². The highest BCUT2D eigenvalue weighted by molar-refractivity contribution is 5.97. The number of rotatable bonds is 7. The molecule has 2 aliphatic heterocycles. The van der Waals surface area contributed by atoms with Crippen molar-refractivity contribution in [2.24, 2.45) is 11.3 Å². The monoisotopic (exact) mass is 475 g/mol. The van der Waals surface area contributed by atoms with Gasteiger partial charge in [0.15, 0.2) is 0 Å². The molecule has 2 aromatic rings. The first-order valence-electron chi connectivity index (χ1n) is 11.8. The lowest BCUT2D eigenvalue weighted by Gasteiger charge is -2.36. The Morgan fingerprint density at radius 2 is 2.06 bits per heavy atom. The molecule has 2 aliphatic rings. The average Bonchev–Trinajstić information content (AvgIpc) is 3.07. The number of hydrogen-bond donors (Lipinski definition) is 2. The molecule has 7 nitrogen and oxygen atoms in total. The molecule has 0 aliphatic carbocycles. The highest BCUT2D eigenvalue weighted by Crippen LogP contribution is 2.37. The molecule has 3 heterocycles. The number of hydrogen-bond acceptors (Lipinski definition) is 4. The predicted molar refractivity (Wildman–Crippen MR) is 121 cm³/mol. The standard InChI is InChI=1S/C25H31F2N3O4/c1-3-19-21-20(12-25(14-28-23(21)31)6-8-34-9-7-25)30(29-19)13-15(2)10-17-11-16(22(26)27)4-5-18(17)24(32)33/h4-5,11,15,22H,3,6-10,12-14H2,1-2H3,(H,28,31)(H,32,33)/t15-/m1/s1. The highest BCUT2D eigenvalue weighted by Gasteiger charge is 2.39. The Morgan fingerprint density at radius 3 is 2.71 bits per heavy atom. The lowest BCUT2D eigenvalue weighted by atomic mass is 9.76. The Hall–Kier alpha value is -2.81. The van der Waals surface area contributed by atoms with Crippen molar-refractivity contribution in [3.8, 4) is 0 Å². The zero-order valence-electron chi connectivity index (χ0n) is 19.6. The smallest absolute Gasteiger partial charge is 0.335 e. The maximum absolute atomic E-state index is 13.2. The van der Waals surface area contributed by atoms with Crippen molar-refractivity contribution in [2.75, 3.05) is 19.8 Å². The van der Waals surface area contributed by atoms with Gasteiger partial charge in [-0.15, -0.1) is 0 Å². The van der Waals surface area contributed by atoms with Gasteiger partial charge in [0.1, 0.15) is 0 Å². The number of carbonyl (C=O) groups is 2. The van der Waals surface area contributed by atoms with Gasteiger partial charge in [0, 0.05) is 31.9 Å². The Morgan fingerprint density at radius 1 is 1.32 bits per heavy atom. The summed E-state index contributed by atoms with van der Waals surface area (Å²) in [6.45, 7) is 6.30. The fraction of sp³-hybridized carbons (Fsp3) is 0.560. The zero-order chi connectivity index (χ0) is 24.5. The van der Waals surface area contributed by atoms with Crippen LogP contribution >= 0.6 is 0 Å². The molecule has 34 heavy (non-hydrogen) atoms. The number of fused-ring (bicyclic) bond motifs is 1. The molecule has 1 spiro atoms. The Kier molecular flexibility index (Phi) is 7.02. The third kappa shape index (κ3) is 4.85. The van der Waals surface area contributed by atoms with Crippen LogP contribution in [-0.2, 0) is 30.5 Å². The van der Waals surface area contributed by atoms with E-state index in [1.54, 1.807) is 0 Å². The second kappa shape index (κ2) is 9.82. The normalized spacial score (nSPS) is 18.4. The van der Waals surface area contributed by atoms with Crippen molar-refractivity contribution < 1.29 is 28.2 Å². The molecule has 0 bridgehead atoms. The van der Waals surface area contributed by atoms with Gasteiger partial charge in [0.05, 0.1) is 22.5 Å². The van der Waals surface area contributed by atoms with Crippen molar-refractivity contribution in [3.63, 3.8) is 0 Å². The predicted octanol–water partition coefficient (Wildman–Crippen LogP) is 4.04. The van der Waals surface area contributed by atoms with Crippen LogP contribution in [0.4, 0.5) is 8.78 Å². The van der Waals surface area contributed by atoms with Crippen LogP contribution in [0.25, 0.3) is 0 Å². The van der Waals surface area contributed by atoms with Crippen molar-refractivity contribution in [1.82, 2.24) is 15.1 Å². The molecule has 0 radical (unpaired) electrons. The minimum atomic E-state index is -2.67. The number of aromatic nitrogens is 2. The molecule has 0 saturated carbocycles. The van der Waals surface area contributed by atoms with E-state index < -0.39 is 12.4 Å². The van der Waals surface area contributed by atoms with E-state index in [1.165, 1.54) is 12.1 Å². The van der Waals surface area contributed by atoms with Crippen LogP contribution in [0.3, 0.4) is 0 Å². The van der Waals surface area contributed by atoms with Gasteiger partial charge in [-0.05, 0) is 61.1 Å². The zero-order valence-corrected chi connectivity index (χ0v) is 19.6. The molecule has 1 aromatic heterocycles. The quantitative estimate of drug-likeness (QED) is 0.630. The third-order valence-corrected chi connectivity index (χ3v) is 7.08. The minimum Gasteiger partial charge on any atom is -0.478 e. The molecule has 0 unspecified atom stereocenters. The number of carboxylic acid groups (broad SMARTS) is 1. The van der Waals surface area contributed by atoms with Gasteiger partial charge in [0.2, 0.25) is 0 Å². The molecule has 1 aromatic carbocycles. The van der Waals surface area contributed by atoms with E-state index in [4.69, 9.17) is 9.84 Å². The van der Waals surface area contributed by atoms with Crippen LogP contribution in [0.5, 0.6) is 0 Å². The van der Waals surface area contributed by atoms with Gasteiger partial charge in [-0.2, -0.15) is 5.10 Å². The molecule has 4 rings (SSSR count). The maximum atomic E-state index is 13.2. The van der Waals surface area contributed by atoms with E-state index in [0.29, 0.717) is 56.7 Å². The largest absolute Gasteiger partial charge is 0.478 e. The number of ether oxygens (including phenoxy) is 1. The number of alkyl halides is 2. The number of benzene rings is 1. The maximum Gasteiger partial charge on any atom is 0.335 e. The lowest BCUT2D eigenvalue weighted by molar-refractivity contribution is 0.0152. The van der Waals surface area contributed by atoms with E-state index >= 15 is 0 Å². The summed E-state index contributed by atoms with van der Waals surface area (Å²) in [6, 6.07) is 3.70. The summed E-state index contributed by atoms with van der Waals surface area (Å²) in [4.78, 5) is 24.7. The second-order valence-electron chi connectivity index (χ2n) is 9.61. The van der Waals surface area contributed by atoms with Crippen molar-refractivity contribution >= 4 is 11.9 Å². The van der Waals surface area contributed by atoms with E-state index in [-0.39, 0.29) is 28.4 Å². The first-order valence-corrected chi connectivity index (χ1v) is 11.8. The van der Waals surface area contributed by atoms with E-state index in [9.17, 15) is 23.5 Å². The van der Waals surface area contributed by atoms with Crippen LogP contribution in [-0.4, -0.2) is 46.5 Å². The van der Waals surface area contributed by atoms with Crippen LogP contribution in [0.15, 0.2) is 18.2 Å². The fourth-order valence-electron chi connectivity index (χ4n) is 5.19. The number of nitrogens with zero attached hydrogens (tertiary/aromatic N) is 2. The molecule has 1 fully saturated rings. The van der Waals surface area contributed by atoms with Crippen molar-refractivity contribution in [3.05, 3.63) is 51.8 Å². The molecule has 1 saturated heterocycles. The molecule has 1 amide bonds. The molecule has 2 N–H and O–H groups in total. The number of carbonyl (C=O) groups excluding carboxylic acids is 1. The second-order valence-corrected chi connectivity index (χ2v) is 9.61. The van der Waals surface area contributed by atoms with Gasteiger partial charge >= 0.3 is 5.97 Å². The third-order valence-electron chi connectivity index (χ3n) is 7.08. The van der Waals surface area contributed by atoms with E-state index in [0.717, 1.165) is 30.3 Å². The highest BCUT2D eigenvalue weighted by atomic mass is 19.3. The summed E-state index contributed by atoms with van der Waals surface area (Å²) in [5.74, 6) is -1.33. The SMILES string of the molecule is CCc1nn(C[C@H](C)Cc2cc(C(F)F)ccc2C(=O)O)c2c1C(=O)NCC1(CCOCC1)C2. The fourth-order valence-corrected chi connectivity index (χ4v) is 5.19. The number of amides is 1. The van der Waals surface area contributed by atoms with Gasteiger partial charge in [-0.1, -0.05) is 19.9 Å². The molecule has 9 heteroatoms.